The Morgan fingerprint density at radius 1 is 1.15 bits per heavy atom. The number of rotatable bonds is 3. The van der Waals surface area contributed by atoms with Crippen LogP contribution in [0.1, 0.15) is 48.2 Å². The number of halogens is 1. The maximum absolute atomic E-state index is 6.21. The van der Waals surface area contributed by atoms with Crippen molar-refractivity contribution in [1.82, 2.24) is 5.32 Å². The van der Waals surface area contributed by atoms with Crippen molar-refractivity contribution in [2.24, 2.45) is 5.73 Å². The normalized spacial score (nSPS) is 22.6. The van der Waals surface area contributed by atoms with E-state index in [4.69, 9.17) is 17.3 Å². The van der Waals surface area contributed by atoms with Crippen LogP contribution in [0.3, 0.4) is 0 Å². The lowest BCUT2D eigenvalue weighted by Crippen LogP contribution is -2.23. The first-order valence-corrected chi connectivity index (χ1v) is 7.39. The molecule has 20 heavy (non-hydrogen) atoms. The van der Waals surface area contributed by atoms with Gasteiger partial charge in [-0.05, 0) is 42.2 Å². The highest BCUT2D eigenvalue weighted by molar-refractivity contribution is 6.30. The molecule has 0 aliphatic heterocycles. The van der Waals surface area contributed by atoms with Crippen LogP contribution in [0.5, 0.6) is 0 Å². The number of nitrogens with two attached hydrogens (primary N) is 1. The van der Waals surface area contributed by atoms with Crippen molar-refractivity contribution in [3.63, 3.8) is 0 Å². The molecule has 3 N–H and O–H groups in total. The molecule has 0 radical (unpaired) electrons. The van der Waals surface area contributed by atoms with Crippen molar-refractivity contribution >= 4 is 11.6 Å². The number of hydrogen-bond donors (Lipinski definition) is 2. The first-order valence-electron chi connectivity index (χ1n) is 7.01. The Bertz CT molecular complexity index is 611. The average molecular weight is 287 g/mol. The molecule has 0 amide bonds. The molecule has 0 bridgehead atoms. The van der Waals surface area contributed by atoms with Gasteiger partial charge in [-0.2, -0.15) is 0 Å². The summed E-state index contributed by atoms with van der Waals surface area (Å²) in [6.07, 6.45) is 0.949. The van der Waals surface area contributed by atoms with Gasteiger partial charge in [-0.25, -0.2) is 0 Å². The summed E-state index contributed by atoms with van der Waals surface area (Å²) in [5, 5.41) is 4.45. The third-order valence-electron chi connectivity index (χ3n) is 4.06. The highest BCUT2D eigenvalue weighted by atomic mass is 35.5. The molecule has 2 unspecified atom stereocenters. The quantitative estimate of drug-likeness (QED) is 0.890. The van der Waals surface area contributed by atoms with E-state index in [1.54, 1.807) is 0 Å². The molecule has 0 fully saturated rings. The van der Waals surface area contributed by atoms with Crippen molar-refractivity contribution < 1.29 is 0 Å². The summed E-state index contributed by atoms with van der Waals surface area (Å²) in [4.78, 5) is 0. The Morgan fingerprint density at radius 2 is 1.90 bits per heavy atom. The molecule has 0 heterocycles. The van der Waals surface area contributed by atoms with Gasteiger partial charge in [0.2, 0.25) is 0 Å². The lowest BCUT2D eigenvalue weighted by atomic mass is 10.0. The molecule has 3 heteroatoms. The van der Waals surface area contributed by atoms with Crippen molar-refractivity contribution in [3.05, 3.63) is 70.2 Å². The number of benzene rings is 2. The molecule has 3 atom stereocenters. The second-order valence-corrected chi connectivity index (χ2v) is 5.90. The van der Waals surface area contributed by atoms with Crippen molar-refractivity contribution in [3.8, 4) is 0 Å². The standard InChI is InChI=1S/C17H19ClN2/c1-11(12-5-4-6-13(18)9-12)20-17-10-16(19)14-7-2-3-8-15(14)17/h2-9,11,16-17,20H,10,19H2,1H3/t11-,16?,17?/m0/s1. The molecular weight excluding hydrogens is 268 g/mol. The van der Waals surface area contributed by atoms with Gasteiger partial charge in [-0.1, -0.05) is 48.0 Å². The van der Waals surface area contributed by atoms with E-state index in [0.29, 0.717) is 6.04 Å². The Morgan fingerprint density at radius 3 is 2.65 bits per heavy atom. The maximum atomic E-state index is 6.21. The fraction of sp³-hybridized carbons (Fsp3) is 0.294. The Kier molecular flexibility index (Phi) is 3.79. The summed E-state index contributed by atoms with van der Waals surface area (Å²) in [6, 6.07) is 17.1. The third kappa shape index (κ3) is 2.59. The van der Waals surface area contributed by atoms with E-state index >= 15 is 0 Å². The molecule has 3 rings (SSSR count). The zero-order chi connectivity index (χ0) is 14.1. The third-order valence-corrected chi connectivity index (χ3v) is 4.30. The lowest BCUT2D eigenvalue weighted by molar-refractivity contribution is 0.446. The van der Waals surface area contributed by atoms with Gasteiger partial charge in [0, 0.05) is 23.1 Å². The van der Waals surface area contributed by atoms with Crippen LogP contribution in [-0.4, -0.2) is 0 Å². The van der Waals surface area contributed by atoms with Gasteiger partial charge in [0.05, 0.1) is 0 Å². The van der Waals surface area contributed by atoms with Crippen molar-refractivity contribution in [2.45, 2.75) is 31.5 Å². The fourth-order valence-corrected chi connectivity index (χ4v) is 3.20. The van der Waals surface area contributed by atoms with Crippen LogP contribution in [0, 0.1) is 0 Å². The molecular formula is C17H19ClN2. The van der Waals surface area contributed by atoms with Gasteiger partial charge >= 0.3 is 0 Å². The van der Waals surface area contributed by atoms with Gasteiger partial charge in [-0.3, -0.25) is 0 Å². The number of fused-ring (bicyclic) bond motifs is 1. The fourth-order valence-electron chi connectivity index (χ4n) is 3.01. The Balaban J connectivity index is 1.79. The molecule has 0 saturated carbocycles. The highest BCUT2D eigenvalue weighted by Crippen LogP contribution is 2.38. The summed E-state index contributed by atoms with van der Waals surface area (Å²) in [5.74, 6) is 0. The predicted octanol–water partition coefficient (Wildman–Crippen LogP) is 4.14. The van der Waals surface area contributed by atoms with E-state index < -0.39 is 0 Å². The zero-order valence-electron chi connectivity index (χ0n) is 11.5. The molecule has 2 aromatic rings. The minimum absolute atomic E-state index is 0.135. The van der Waals surface area contributed by atoms with E-state index in [1.165, 1.54) is 16.7 Å². The number of hydrogen-bond acceptors (Lipinski definition) is 2. The summed E-state index contributed by atoms with van der Waals surface area (Å²) in [5.41, 5.74) is 10.0. The molecule has 1 aliphatic carbocycles. The minimum Gasteiger partial charge on any atom is -0.324 e. The van der Waals surface area contributed by atoms with E-state index in [9.17, 15) is 0 Å². The second-order valence-electron chi connectivity index (χ2n) is 5.47. The lowest BCUT2D eigenvalue weighted by Gasteiger charge is -2.21. The molecule has 0 aromatic heterocycles. The predicted molar refractivity (Wildman–Crippen MR) is 83.7 cm³/mol. The van der Waals surface area contributed by atoms with Crippen LogP contribution in [0.25, 0.3) is 0 Å². The van der Waals surface area contributed by atoms with Crippen LogP contribution < -0.4 is 11.1 Å². The highest BCUT2D eigenvalue weighted by Gasteiger charge is 2.28. The van der Waals surface area contributed by atoms with Crippen molar-refractivity contribution in [2.75, 3.05) is 0 Å². The summed E-state index contributed by atoms with van der Waals surface area (Å²) in [7, 11) is 0. The van der Waals surface area contributed by atoms with Gasteiger partial charge in [0.25, 0.3) is 0 Å². The molecule has 2 aromatic carbocycles. The second kappa shape index (κ2) is 5.57. The summed E-state index contributed by atoms with van der Waals surface area (Å²) >= 11 is 6.06. The Labute approximate surface area is 125 Å². The van der Waals surface area contributed by atoms with Crippen LogP contribution >= 0.6 is 11.6 Å². The van der Waals surface area contributed by atoms with Crippen LogP contribution in [-0.2, 0) is 0 Å². The SMILES string of the molecule is C[C@H](NC1CC(N)c2ccccc21)c1cccc(Cl)c1. The van der Waals surface area contributed by atoms with Crippen LogP contribution in [0.2, 0.25) is 5.02 Å². The molecule has 0 saturated heterocycles. The van der Waals surface area contributed by atoms with E-state index in [1.807, 2.05) is 18.2 Å². The van der Waals surface area contributed by atoms with Gasteiger partial charge in [-0.15, -0.1) is 0 Å². The van der Waals surface area contributed by atoms with Crippen molar-refractivity contribution in [1.29, 1.82) is 0 Å². The zero-order valence-corrected chi connectivity index (χ0v) is 12.3. The van der Waals surface area contributed by atoms with Crippen LogP contribution in [0.4, 0.5) is 0 Å². The first-order chi connectivity index (χ1) is 9.65. The Hall–Kier alpha value is -1.35. The minimum atomic E-state index is 0.135. The smallest absolute Gasteiger partial charge is 0.0409 e. The van der Waals surface area contributed by atoms with Gasteiger partial charge in [0.1, 0.15) is 0 Å². The van der Waals surface area contributed by atoms with Gasteiger partial charge in [0.15, 0.2) is 0 Å². The topological polar surface area (TPSA) is 38.0 Å². The molecule has 104 valence electrons. The van der Waals surface area contributed by atoms with Gasteiger partial charge < -0.3 is 11.1 Å². The van der Waals surface area contributed by atoms with E-state index in [0.717, 1.165) is 11.4 Å². The molecule has 2 nitrogen and oxygen atoms in total. The summed E-state index contributed by atoms with van der Waals surface area (Å²) in [6.45, 7) is 2.16. The van der Waals surface area contributed by atoms with E-state index in [-0.39, 0.29) is 12.1 Å². The van der Waals surface area contributed by atoms with E-state index in [2.05, 4.69) is 42.6 Å². The van der Waals surface area contributed by atoms with Crippen LogP contribution in [0.15, 0.2) is 48.5 Å². The molecule has 0 spiro atoms. The summed E-state index contributed by atoms with van der Waals surface area (Å²) < 4.78 is 0. The number of nitrogens with one attached hydrogen (secondary N) is 1. The maximum Gasteiger partial charge on any atom is 0.0409 e. The average Bonchev–Trinajstić information content (AvgIpc) is 2.76. The molecule has 1 aliphatic rings. The monoisotopic (exact) mass is 286 g/mol. The largest absolute Gasteiger partial charge is 0.324 e. The first kappa shape index (κ1) is 13.6.